The summed E-state index contributed by atoms with van der Waals surface area (Å²) < 4.78 is 5.34. The van der Waals surface area contributed by atoms with Crippen LogP contribution >= 0.6 is 0 Å². The van der Waals surface area contributed by atoms with Crippen LogP contribution in [-0.4, -0.2) is 5.91 Å². The summed E-state index contributed by atoms with van der Waals surface area (Å²) >= 11 is 0. The summed E-state index contributed by atoms with van der Waals surface area (Å²) in [6.45, 7) is 0.634. The fraction of sp³-hybridized carbons (Fsp3) is 0.0625. The Hall–Kier alpha value is -2.55. The Morgan fingerprint density at radius 2 is 1.84 bits per heavy atom. The smallest absolute Gasteiger partial charge is 0.251 e. The summed E-state index contributed by atoms with van der Waals surface area (Å²) in [6, 6.07) is 14.0. The minimum atomic E-state index is 0.0150. The van der Waals surface area contributed by atoms with E-state index in [1.165, 1.54) is 0 Å². The molecular weight excluding hydrogens is 238 g/mol. The topological polar surface area (TPSA) is 42.2 Å². The number of hydrogen-bond acceptors (Lipinski definition) is 2. The second-order valence-electron chi connectivity index (χ2n) is 4.73. The van der Waals surface area contributed by atoms with Crippen LogP contribution in [0.2, 0.25) is 0 Å². The number of fused-ring (bicyclic) bond motifs is 2. The summed E-state index contributed by atoms with van der Waals surface area (Å²) in [4.78, 5) is 11.7. The molecule has 3 aromatic rings. The Morgan fingerprint density at radius 3 is 2.79 bits per heavy atom. The third kappa shape index (κ3) is 1.55. The molecule has 0 aliphatic carbocycles. The first-order valence-corrected chi connectivity index (χ1v) is 6.20. The number of carbonyl (C=O) groups excluding carboxylic acids is 1. The summed E-state index contributed by atoms with van der Waals surface area (Å²) in [5.41, 5.74) is 4.88. The van der Waals surface area contributed by atoms with Crippen molar-refractivity contribution in [1.82, 2.24) is 5.32 Å². The van der Waals surface area contributed by atoms with Gasteiger partial charge in [0.25, 0.3) is 5.91 Å². The molecule has 1 N–H and O–H groups in total. The number of amides is 1. The Bertz CT molecular complexity index is 801. The predicted octanol–water partition coefficient (Wildman–Crippen LogP) is 3.34. The van der Waals surface area contributed by atoms with Gasteiger partial charge in [0, 0.05) is 17.5 Å². The van der Waals surface area contributed by atoms with Crippen LogP contribution < -0.4 is 5.32 Å². The van der Waals surface area contributed by atoms with Crippen molar-refractivity contribution in [1.29, 1.82) is 0 Å². The molecule has 1 aliphatic heterocycles. The highest BCUT2D eigenvalue weighted by Crippen LogP contribution is 2.28. The Labute approximate surface area is 109 Å². The lowest BCUT2D eigenvalue weighted by Gasteiger charge is -2.04. The van der Waals surface area contributed by atoms with Crippen LogP contribution in [0.4, 0.5) is 0 Å². The second-order valence-corrected chi connectivity index (χ2v) is 4.73. The molecular formula is C16H11NO2. The van der Waals surface area contributed by atoms with Crippen LogP contribution in [0.15, 0.2) is 53.1 Å². The van der Waals surface area contributed by atoms with E-state index in [1.807, 2.05) is 30.3 Å². The van der Waals surface area contributed by atoms with E-state index in [4.69, 9.17) is 4.42 Å². The van der Waals surface area contributed by atoms with Gasteiger partial charge in [0.1, 0.15) is 5.58 Å². The molecule has 0 saturated carbocycles. The van der Waals surface area contributed by atoms with Crippen molar-refractivity contribution < 1.29 is 9.21 Å². The average Bonchev–Trinajstić information content (AvgIpc) is 3.05. The van der Waals surface area contributed by atoms with Crippen LogP contribution in [0, 0.1) is 0 Å². The molecule has 3 heteroatoms. The zero-order valence-electron chi connectivity index (χ0n) is 10.1. The molecule has 0 saturated heterocycles. The lowest BCUT2D eigenvalue weighted by atomic mass is 9.99. The van der Waals surface area contributed by atoms with E-state index < -0.39 is 0 Å². The molecule has 0 radical (unpaired) electrons. The maximum absolute atomic E-state index is 11.7. The van der Waals surface area contributed by atoms with Gasteiger partial charge in [-0.15, -0.1) is 0 Å². The zero-order chi connectivity index (χ0) is 12.8. The SMILES string of the molecule is O=C1NCc2ccc(-c3ccc4occc4c3)cc21. The van der Waals surface area contributed by atoms with Gasteiger partial charge in [0.15, 0.2) is 0 Å². The molecule has 4 rings (SSSR count). The number of benzene rings is 2. The molecule has 0 unspecified atom stereocenters. The molecule has 0 atom stereocenters. The zero-order valence-corrected chi connectivity index (χ0v) is 10.1. The fourth-order valence-electron chi connectivity index (χ4n) is 2.54. The van der Waals surface area contributed by atoms with E-state index in [0.717, 1.165) is 33.2 Å². The number of furan rings is 1. The summed E-state index contributed by atoms with van der Waals surface area (Å²) in [5, 5.41) is 3.91. The van der Waals surface area contributed by atoms with Gasteiger partial charge in [-0.2, -0.15) is 0 Å². The van der Waals surface area contributed by atoms with Gasteiger partial charge >= 0.3 is 0 Å². The second kappa shape index (κ2) is 3.72. The Balaban J connectivity index is 1.87. The monoisotopic (exact) mass is 249 g/mol. The maximum atomic E-state index is 11.7. The molecule has 19 heavy (non-hydrogen) atoms. The van der Waals surface area contributed by atoms with Crippen LogP contribution in [0.25, 0.3) is 22.1 Å². The van der Waals surface area contributed by atoms with Gasteiger partial charge in [0.2, 0.25) is 0 Å². The summed E-state index contributed by atoms with van der Waals surface area (Å²) in [6.07, 6.45) is 1.69. The van der Waals surface area contributed by atoms with Gasteiger partial charge in [-0.05, 0) is 41.0 Å². The molecule has 2 aromatic carbocycles. The molecule has 3 nitrogen and oxygen atoms in total. The minimum Gasteiger partial charge on any atom is -0.464 e. The Morgan fingerprint density at radius 1 is 1.00 bits per heavy atom. The standard InChI is InChI=1S/C16H11NO2/c18-16-14-8-11(1-2-13(14)9-17-16)10-3-4-15-12(7-10)5-6-19-15/h1-8H,9H2,(H,17,18). The van der Waals surface area contributed by atoms with Crippen molar-refractivity contribution >= 4 is 16.9 Å². The molecule has 0 fully saturated rings. The number of nitrogens with one attached hydrogen (secondary N) is 1. The van der Waals surface area contributed by atoms with Crippen molar-refractivity contribution in [3.63, 3.8) is 0 Å². The van der Waals surface area contributed by atoms with E-state index in [0.29, 0.717) is 6.54 Å². The van der Waals surface area contributed by atoms with Crippen LogP contribution in [-0.2, 0) is 6.54 Å². The highest BCUT2D eigenvalue weighted by Gasteiger charge is 2.18. The lowest BCUT2D eigenvalue weighted by molar-refractivity contribution is 0.0966. The maximum Gasteiger partial charge on any atom is 0.251 e. The molecule has 1 aromatic heterocycles. The summed E-state index contributed by atoms with van der Waals surface area (Å²) in [5.74, 6) is 0.0150. The van der Waals surface area contributed by atoms with Crippen LogP contribution in [0.5, 0.6) is 0 Å². The van der Waals surface area contributed by atoms with Crippen LogP contribution in [0.1, 0.15) is 15.9 Å². The number of hydrogen-bond donors (Lipinski definition) is 1. The van der Waals surface area contributed by atoms with Crippen molar-refractivity contribution in [3.8, 4) is 11.1 Å². The fourth-order valence-corrected chi connectivity index (χ4v) is 2.54. The van der Waals surface area contributed by atoms with Gasteiger partial charge in [-0.3, -0.25) is 4.79 Å². The first-order valence-electron chi connectivity index (χ1n) is 6.20. The third-order valence-corrected chi connectivity index (χ3v) is 3.58. The van der Waals surface area contributed by atoms with Gasteiger partial charge in [-0.1, -0.05) is 18.2 Å². The molecule has 1 amide bonds. The normalized spacial score (nSPS) is 13.6. The van der Waals surface area contributed by atoms with E-state index in [1.54, 1.807) is 6.26 Å². The van der Waals surface area contributed by atoms with E-state index in [2.05, 4.69) is 17.4 Å². The van der Waals surface area contributed by atoms with Crippen LogP contribution in [0.3, 0.4) is 0 Å². The first kappa shape index (κ1) is 10.4. The number of carbonyl (C=O) groups is 1. The van der Waals surface area contributed by atoms with Gasteiger partial charge in [0.05, 0.1) is 6.26 Å². The molecule has 1 aliphatic rings. The molecule has 0 bridgehead atoms. The van der Waals surface area contributed by atoms with Crippen molar-refractivity contribution in [2.45, 2.75) is 6.54 Å². The molecule has 0 spiro atoms. The molecule has 2 heterocycles. The minimum absolute atomic E-state index is 0.0150. The van der Waals surface area contributed by atoms with Crippen molar-refractivity contribution in [2.24, 2.45) is 0 Å². The van der Waals surface area contributed by atoms with Crippen molar-refractivity contribution in [2.75, 3.05) is 0 Å². The van der Waals surface area contributed by atoms with Crippen molar-refractivity contribution in [3.05, 3.63) is 59.9 Å². The highest BCUT2D eigenvalue weighted by atomic mass is 16.3. The van der Waals surface area contributed by atoms with E-state index in [-0.39, 0.29) is 5.91 Å². The van der Waals surface area contributed by atoms with E-state index >= 15 is 0 Å². The quantitative estimate of drug-likeness (QED) is 0.718. The van der Waals surface area contributed by atoms with Gasteiger partial charge in [-0.25, -0.2) is 0 Å². The third-order valence-electron chi connectivity index (χ3n) is 3.58. The summed E-state index contributed by atoms with van der Waals surface area (Å²) in [7, 11) is 0. The average molecular weight is 249 g/mol. The lowest BCUT2D eigenvalue weighted by Crippen LogP contribution is -2.12. The largest absolute Gasteiger partial charge is 0.464 e. The highest BCUT2D eigenvalue weighted by molar-refractivity contribution is 5.99. The Kier molecular flexibility index (Phi) is 2.03. The van der Waals surface area contributed by atoms with Gasteiger partial charge < -0.3 is 9.73 Å². The van der Waals surface area contributed by atoms with E-state index in [9.17, 15) is 4.79 Å². The first-order chi connectivity index (χ1) is 9.31. The number of rotatable bonds is 1. The predicted molar refractivity (Wildman–Crippen MR) is 72.8 cm³/mol. The molecule has 92 valence electrons.